The smallest absolute Gasteiger partial charge is 0.357 e. The topological polar surface area (TPSA) is 78.4 Å². The van der Waals surface area contributed by atoms with Crippen molar-refractivity contribution in [2.75, 3.05) is 0 Å². The molecule has 0 saturated heterocycles. The number of hydrogen-bond acceptors (Lipinski definition) is 6. The summed E-state index contributed by atoms with van der Waals surface area (Å²) in [7, 11) is 0. The summed E-state index contributed by atoms with van der Waals surface area (Å²) in [6.45, 7) is 0.169. The van der Waals surface area contributed by atoms with Gasteiger partial charge in [-0.1, -0.05) is 66.7 Å². The van der Waals surface area contributed by atoms with E-state index in [1.165, 1.54) is 0 Å². The van der Waals surface area contributed by atoms with Gasteiger partial charge in [-0.05, 0) is 41.5 Å². The van der Waals surface area contributed by atoms with Crippen LogP contribution in [0, 0.1) is 0 Å². The number of aromatic nitrogens is 2. The summed E-state index contributed by atoms with van der Waals surface area (Å²) in [5.41, 5.74) is 3.56. The third kappa shape index (κ3) is 4.76. The first-order valence-electron chi connectivity index (χ1n) is 10.8. The Balaban J connectivity index is 1.20. The Hall–Kier alpha value is -4.58. The molecule has 6 heteroatoms. The van der Waals surface area contributed by atoms with E-state index in [0.717, 1.165) is 32.9 Å². The van der Waals surface area contributed by atoms with E-state index in [4.69, 9.17) is 9.47 Å². The zero-order valence-corrected chi connectivity index (χ0v) is 18.2. The molecule has 5 rings (SSSR count). The van der Waals surface area contributed by atoms with Gasteiger partial charge < -0.3 is 9.47 Å². The van der Waals surface area contributed by atoms with Crippen LogP contribution in [0.1, 0.15) is 32.1 Å². The van der Waals surface area contributed by atoms with Gasteiger partial charge in [0, 0.05) is 10.8 Å². The third-order valence-corrected chi connectivity index (χ3v) is 5.35. The summed E-state index contributed by atoms with van der Waals surface area (Å²) in [6, 6.07) is 29.5. The summed E-state index contributed by atoms with van der Waals surface area (Å²) in [5.74, 6) is -0.991. The van der Waals surface area contributed by atoms with Crippen molar-refractivity contribution >= 4 is 33.7 Å². The number of fused-ring (bicyclic) bond motifs is 2. The summed E-state index contributed by atoms with van der Waals surface area (Å²) in [6.07, 6.45) is 0. The van der Waals surface area contributed by atoms with Gasteiger partial charge in [0.15, 0.2) is 0 Å². The molecule has 0 bridgehead atoms. The second-order valence-electron chi connectivity index (χ2n) is 7.75. The van der Waals surface area contributed by atoms with Gasteiger partial charge in [0.25, 0.3) is 0 Å². The van der Waals surface area contributed by atoms with Crippen LogP contribution >= 0.6 is 0 Å². The highest BCUT2D eigenvalue weighted by molar-refractivity contribution is 5.91. The van der Waals surface area contributed by atoms with E-state index in [1.54, 1.807) is 12.1 Å². The average Bonchev–Trinajstić information content (AvgIpc) is 2.90. The average molecular weight is 448 g/mol. The molecular weight excluding hydrogens is 428 g/mol. The van der Waals surface area contributed by atoms with Gasteiger partial charge in [-0.2, -0.15) is 0 Å². The third-order valence-electron chi connectivity index (χ3n) is 5.35. The van der Waals surface area contributed by atoms with Crippen LogP contribution in [-0.4, -0.2) is 21.9 Å². The highest BCUT2D eigenvalue weighted by Crippen LogP contribution is 2.15. The fourth-order valence-corrected chi connectivity index (χ4v) is 3.61. The maximum absolute atomic E-state index is 12.5. The van der Waals surface area contributed by atoms with Crippen LogP contribution in [0.2, 0.25) is 0 Å². The molecule has 0 aliphatic carbocycles. The monoisotopic (exact) mass is 448 g/mol. The number of rotatable bonds is 6. The van der Waals surface area contributed by atoms with Gasteiger partial charge in [0.05, 0.1) is 11.0 Å². The molecule has 0 unspecified atom stereocenters. The molecule has 3 aromatic carbocycles. The van der Waals surface area contributed by atoms with E-state index < -0.39 is 11.9 Å². The van der Waals surface area contributed by atoms with Crippen molar-refractivity contribution in [1.82, 2.24) is 9.97 Å². The molecule has 0 aliphatic heterocycles. The number of ether oxygens (including phenoxy) is 2. The lowest BCUT2D eigenvalue weighted by Gasteiger charge is -2.08. The normalized spacial score (nSPS) is 10.8. The molecule has 0 radical (unpaired) electrons. The SMILES string of the molecule is O=C(OCc1cccc(COC(=O)c2ccc3ccccc3n2)c1)c1ccc2ccccc2n1. The van der Waals surface area contributed by atoms with Crippen LogP contribution in [-0.2, 0) is 22.7 Å². The van der Waals surface area contributed by atoms with Gasteiger partial charge in [0.2, 0.25) is 0 Å². The highest BCUT2D eigenvalue weighted by Gasteiger charge is 2.12. The number of hydrogen-bond donors (Lipinski definition) is 0. The van der Waals surface area contributed by atoms with Gasteiger partial charge in [0.1, 0.15) is 24.6 Å². The van der Waals surface area contributed by atoms with E-state index in [9.17, 15) is 9.59 Å². The van der Waals surface area contributed by atoms with Crippen LogP contribution in [0.25, 0.3) is 21.8 Å². The van der Waals surface area contributed by atoms with Gasteiger partial charge in [-0.15, -0.1) is 0 Å². The molecule has 0 aliphatic rings. The maximum atomic E-state index is 12.5. The number of carbonyl (C=O) groups excluding carboxylic acids is 2. The lowest BCUT2D eigenvalue weighted by atomic mass is 10.1. The van der Waals surface area contributed by atoms with Crippen molar-refractivity contribution in [3.8, 4) is 0 Å². The Bertz CT molecular complexity index is 1400. The Morgan fingerprint density at radius 3 is 1.53 bits per heavy atom. The van der Waals surface area contributed by atoms with Crippen molar-refractivity contribution in [3.63, 3.8) is 0 Å². The summed E-state index contributed by atoms with van der Waals surface area (Å²) in [4.78, 5) is 33.6. The first-order valence-corrected chi connectivity index (χ1v) is 10.8. The van der Waals surface area contributed by atoms with Crippen molar-refractivity contribution in [3.05, 3.63) is 120 Å². The molecule has 0 atom stereocenters. The van der Waals surface area contributed by atoms with E-state index in [2.05, 4.69) is 9.97 Å². The van der Waals surface area contributed by atoms with E-state index >= 15 is 0 Å². The molecule has 34 heavy (non-hydrogen) atoms. The number of esters is 2. The molecular formula is C28H20N2O4. The van der Waals surface area contributed by atoms with Crippen molar-refractivity contribution in [2.24, 2.45) is 0 Å². The highest BCUT2D eigenvalue weighted by atomic mass is 16.5. The number of para-hydroxylation sites is 2. The predicted octanol–water partition coefficient (Wildman–Crippen LogP) is 5.50. The fraction of sp³-hybridized carbons (Fsp3) is 0.0714. The molecule has 0 spiro atoms. The summed E-state index contributed by atoms with van der Waals surface area (Å²) < 4.78 is 10.9. The Labute approximate surface area is 195 Å². The number of pyridine rings is 2. The minimum absolute atomic E-state index is 0.0847. The van der Waals surface area contributed by atoms with Crippen molar-refractivity contribution in [2.45, 2.75) is 13.2 Å². The van der Waals surface area contributed by atoms with Crippen molar-refractivity contribution in [1.29, 1.82) is 0 Å². The molecule has 0 saturated carbocycles. The standard InChI is InChI=1S/C28H20N2O4/c31-27(25-14-12-21-8-1-3-10-23(21)29-25)33-17-19-6-5-7-20(16-19)18-34-28(32)26-15-13-22-9-2-4-11-24(22)30-26/h1-16H,17-18H2. The Kier molecular flexibility index (Phi) is 5.95. The Morgan fingerprint density at radius 1 is 0.559 bits per heavy atom. The lowest BCUT2D eigenvalue weighted by Crippen LogP contribution is -2.09. The zero-order chi connectivity index (χ0) is 23.3. The quantitative estimate of drug-likeness (QED) is 0.319. The first-order chi connectivity index (χ1) is 16.7. The Morgan fingerprint density at radius 2 is 1.03 bits per heavy atom. The second kappa shape index (κ2) is 9.50. The van der Waals surface area contributed by atoms with Crippen LogP contribution < -0.4 is 0 Å². The molecule has 0 N–H and O–H groups in total. The van der Waals surface area contributed by atoms with Gasteiger partial charge >= 0.3 is 11.9 Å². The van der Waals surface area contributed by atoms with E-state index in [0.29, 0.717) is 0 Å². The first kappa shape index (κ1) is 21.3. The molecule has 166 valence electrons. The molecule has 2 aromatic heterocycles. The maximum Gasteiger partial charge on any atom is 0.357 e. The van der Waals surface area contributed by atoms with E-state index in [-0.39, 0.29) is 24.6 Å². The minimum atomic E-state index is -0.495. The number of benzene rings is 3. The summed E-state index contributed by atoms with van der Waals surface area (Å²) in [5, 5.41) is 1.92. The van der Waals surface area contributed by atoms with Crippen LogP contribution in [0.3, 0.4) is 0 Å². The minimum Gasteiger partial charge on any atom is -0.456 e. The molecule has 0 amide bonds. The number of nitrogens with zero attached hydrogens (tertiary/aromatic N) is 2. The molecule has 5 aromatic rings. The molecule has 0 fully saturated rings. The molecule has 6 nitrogen and oxygen atoms in total. The fourth-order valence-electron chi connectivity index (χ4n) is 3.61. The second-order valence-corrected chi connectivity index (χ2v) is 7.75. The molecule has 2 heterocycles. The van der Waals surface area contributed by atoms with Crippen molar-refractivity contribution < 1.29 is 19.1 Å². The number of carbonyl (C=O) groups is 2. The predicted molar refractivity (Wildman–Crippen MR) is 128 cm³/mol. The van der Waals surface area contributed by atoms with Gasteiger partial charge in [-0.3, -0.25) is 0 Å². The largest absolute Gasteiger partial charge is 0.456 e. The lowest BCUT2D eigenvalue weighted by molar-refractivity contribution is 0.0465. The van der Waals surface area contributed by atoms with Crippen LogP contribution in [0.15, 0.2) is 97.1 Å². The van der Waals surface area contributed by atoms with Gasteiger partial charge in [-0.25, -0.2) is 19.6 Å². The summed E-state index contributed by atoms with van der Waals surface area (Å²) >= 11 is 0. The van der Waals surface area contributed by atoms with Crippen LogP contribution in [0.4, 0.5) is 0 Å². The van der Waals surface area contributed by atoms with Crippen LogP contribution in [0.5, 0.6) is 0 Å². The zero-order valence-electron chi connectivity index (χ0n) is 18.2. The van der Waals surface area contributed by atoms with E-state index in [1.807, 2.05) is 84.9 Å².